The van der Waals surface area contributed by atoms with Gasteiger partial charge in [0, 0.05) is 12.6 Å². The number of methoxy groups -OCH3 is 1. The number of rotatable bonds is 4. The van der Waals surface area contributed by atoms with Crippen LogP contribution < -0.4 is 0 Å². The lowest BCUT2D eigenvalue weighted by molar-refractivity contribution is -0.141. The van der Waals surface area contributed by atoms with Crippen molar-refractivity contribution in [2.75, 3.05) is 7.11 Å². The fraction of sp³-hybridized carbons (Fsp3) is 0.300. The highest BCUT2D eigenvalue weighted by molar-refractivity contribution is 8.13. The van der Waals surface area contributed by atoms with Gasteiger partial charge < -0.3 is 4.74 Å². The monoisotopic (exact) mass is 225 g/mol. The third-order valence-electron chi connectivity index (χ3n) is 1.62. The zero-order valence-electron chi connectivity index (χ0n) is 8.30. The Bertz CT molecular complexity index is 340. The van der Waals surface area contributed by atoms with Crippen molar-refractivity contribution in [1.82, 2.24) is 4.98 Å². The van der Waals surface area contributed by atoms with Gasteiger partial charge in [0.2, 0.25) is 0 Å². The van der Waals surface area contributed by atoms with Crippen LogP contribution >= 0.6 is 11.8 Å². The molecule has 0 radical (unpaired) electrons. The molecule has 0 atom stereocenters. The molecule has 0 N–H and O–H groups in total. The van der Waals surface area contributed by atoms with Crippen LogP contribution in [0.2, 0.25) is 0 Å². The number of hydrogen-bond acceptors (Lipinski definition) is 5. The first-order valence-electron chi connectivity index (χ1n) is 4.41. The van der Waals surface area contributed by atoms with Crippen LogP contribution in [0.15, 0.2) is 29.4 Å². The number of hydrogen-bond donors (Lipinski definition) is 0. The number of esters is 1. The molecule has 1 rings (SSSR count). The molecule has 5 heteroatoms. The van der Waals surface area contributed by atoms with Crippen molar-refractivity contribution in [2.45, 2.75) is 17.9 Å². The van der Waals surface area contributed by atoms with Crippen molar-refractivity contribution in [2.24, 2.45) is 0 Å². The molecule has 0 bridgehead atoms. The van der Waals surface area contributed by atoms with Crippen molar-refractivity contribution in [3.8, 4) is 0 Å². The van der Waals surface area contributed by atoms with Crippen molar-refractivity contribution < 1.29 is 14.3 Å². The Hall–Kier alpha value is -1.36. The molecule has 0 saturated heterocycles. The standard InChI is InChI=1S/C10H11NO3S/c1-14-9(12)5-6-10(13)15-8-4-2-3-7-11-8/h2-4,7H,5-6H2,1H3. The maximum absolute atomic E-state index is 11.3. The van der Waals surface area contributed by atoms with Crippen LogP contribution in [-0.4, -0.2) is 23.2 Å². The molecule has 1 aromatic heterocycles. The average Bonchev–Trinajstić information content (AvgIpc) is 2.27. The molecule has 0 aliphatic heterocycles. The van der Waals surface area contributed by atoms with Crippen molar-refractivity contribution in [1.29, 1.82) is 0 Å². The quantitative estimate of drug-likeness (QED) is 0.576. The first kappa shape index (κ1) is 11.7. The average molecular weight is 225 g/mol. The lowest BCUT2D eigenvalue weighted by Crippen LogP contribution is -2.03. The summed E-state index contributed by atoms with van der Waals surface area (Å²) in [6, 6.07) is 5.34. The van der Waals surface area contributed by atoms with Gasteiger partial charge in [-0.15, -0.1) is 0 Å². The summed E-state index contributed by atoms with van der Waals surface area (Å²) in [6.45, 7) is 0. The van der Waals surface area contributed by atoms with Crippen LogP contribution in [0.4, 0.5) is 0 Å². The Morgan fingerprint density at radius 3 is 2.80 bits per heavy atom. The Labute approximate surface area is 92.0 Å². The zero-order valence-corrected chi connectivity index (χ0v) is 9.12. The van der Waals surface area contributed by atoms with E-state index in [1.165, 1.54) is 7.11 Å². The summed E-state index contributed by atoms with van der Waals surface area (Å²) >= 11 is 1.04. The Morgan fingerprint density at radius 1 is 1.40 bits per heavy atom. The van der Waals surface area contributed by atoms with E-state index in [9.17, 15) is 9.59 Å². The highest BCUT2D eigenvalue weighted by Gasteiger charge is 2.08. The van der Waals surface area contributed by atoms with E-state index in [4.69, 9.17) is 0 Å². The molecule has 1 aromatic rings. The Morgan fingerprint density at radius 2 is 2.20 bits per heavy atom. The molecule has 15 heavy (non-hydrogen) atoms. The number of ether oxygens (including phenoxy) is 1. The van der Waals surface area contributed by atoms with Crippen molar-refractivity contribution >= 4 is 22.8 Å². The lowest BCUT2D eigenvalue weighted by Gasteiger charge is -1.99. The van der Waals surface area contributed by atoms with E-state index in [1.807, 2.05) is 6.07 Å². The number of aromatic nitrogens is 1. The van der Waals surface area contributed by atoms with E-state index in [1.54, 1.807) is 18.3 Å². The number of thioether (sulfide) groups is 1. The molecule has 0 saturated carbocycles. The van der Waals surface area contributed by atoms with Crippen LogP contribution in [0.25, 0.3) is 0 Å². The van der Waals surface area contributed by atoms with E-state index in [2.05, 4.69) is 9.72 Å². The molecule has 80 valence electrons. The number of pyridine rings is 1. The molecule has 0 aromatic carbocycles. The van der Waals surface area contributed by atoms with E-state index in [0.717, 1.165) is 11.8 Å². The number of carbonyl (C=O) groups excluding carboxylic acids is 2. The molecular formula is C10H11NO3S. The van der Waals surface area contributed by atoms with Crippen molar-refractivity contribution in [3.63, 3.8) is 0 Å². The number of nitrogens with zero attached hydrogens (tertiary/aromatic N) is 1. The fourth-order valence-corrected chi connectivity index (χ4v) is 1.58. The fourth-order valence-electron chi connectivity index (χ4n) is 0.881. The van der Waals surface area contributed by atoms with Gasteiger partial charge in [0.1, 0.15) is 5.03 Å². The third kappa shape index (κ3) is 4.60. The SMILES string of the molecule is COC(=O)CCC(=O)Sc1ccccn1. The topological polar surface area (TPSA) is 56.3 Å². The van der Waals surface area contributed by atoms with Crippen molar-refractivity contribution in [3.05, 3.63) is 24.4 Å². The van der Waals surface area contributed by atoms with E-state index >= 15 is 0 Å². The van der Waals surface area contributed by atoms with Gasteiger partial charge >= 0.3 is 5.97 Å². The molecule has 0 fully saturated rings. The molecule has 1 heterocycles. The van der Waals surface area contributed by atoms with Gasteiger partial charge in [-0.1, -0.05) is 6.07 Å². The summed E-state index contributed by atoms with van der Waals surface area (Å²) in [4.78, 5) is 26.1. The van der Waals surface area contributed by atoms with E-state index in [-0.39, 0.29) is 23.9 Å². The summed E-state index contributed by atoms with van der Waals surface area (Å²) in [5, 5.41) is 0.562. The largest absolute Gasteiger partial charge is 0.469 e. The maximum Gasteiger partial charge on any atom is 0.305 e. The summed E-state index contributed by atoms with van der Waals surface area (Å²) in [7, 11) is 1.30. The second kappa shape index (κ2) is 6.19. The minimum atomic E-state index is -0.370. The molecule has 4 nitrogen and oxygen atoms in total. The maximum atomic E-state index is 11.3. The van der Waals surface area contributed by atoms with Crippen LogP contribution in [0.5, 0.6) is 0 Å². The van der Waals surface area contributed by atoms with Gasteiger partial charge in [-0.3, -0.25) is 9.59 Å². The summed E-state index contributed by atoms with van der Waals surface area (Å²) < 4.78 is 4.43. The van der Waals surface area contributed by atoms with Crippen LogP contribution in [0, 0.1) is 0 Å². The first-order valence-corrected chi connectivity index (χ1v) is 5.22. The van der Waals surface area contributed by atoms with Gasteiger partial charge in [0.25, 0.3) is 0 Å². The second-order valence-corrected chi connectivity index (χ2v) is 3.80. The smallest absolute Gasteiger partial charge is 0.305 e. The molecule has 0 amide bonds. The minimum Gasteiger partial charge on any atom is -0.469 e. The lowest BCUT2D eigenvalue weighted by atomic mass is 10.3. The summed E-state index contributed by atoms with van der Waals surface area (Å²) in [5.74, 6) is -0.370. The number of carbonyl (C=O) groups is 2. The minimum absolute atomic E-state index is 0.0842. The van der Waals surface area contributed by atoms with Crippen LogP contribution in [0.3, 0.4) is 0 Å². The predicted octanol–water partition coefficient (Wildman–Crippen LogP) is 1.65. The summed E-state index contributed by atoms with van der Waals surface area (Å²) in [5.41, 5.74) is 0. The molecule has 0 unspecified atom stereocenters. The third-order valence-corrected chi connectivity index (χ3v) is 2.50. The predicted molar refractivity (Wildman–Crippen MR) is 56.4 cm³/mol. The van der Waals surface area contributed by atoms with Crippen LogP contribution in [0.1, 0.15) is 12.8 Å². The van der Waals surface area contributed by atoms with Gasteiger partial charge in [0.15, 0.2) is 5.12 Å². The highest BCUT2D eigenvalue weighted by atomic mass is 32.2. The molecular weight excluding hydrogens is 214 g/mol. The molecule has 0 spiro atoms. The van der Waals surface area contributed by atoms with Gasteiger partial charge in [-0.25, -0.2) is 4.98 Å². The highest BCUT2D eigenvalue weighted by Crippen LogP contribution is 2.17. The van der Waals surface area contributed by atoms with Crippen LogP contribution in [-0.2, 0) is 14.3 Å². The Balaban J connectivity index is 2.34. The molecule has 0 aliphatic rings. The van der Waals surface area contributed by atoms with E-state index < -0.39 is 0 Å². The van der Waals surface area contributed by atoms with Gasteiger partial charge in [-0.2, -0.15) is 0 Å². The first-order chi connectivity index (χ1) is 7.22. The summed E-state index contributed by atoms with van der Waals surface area (Å²) in [6.07, 6.45) is 1.92. The van der Waals surface area contributed by atoms with E-state index in [0.29, 0.717) is 5.03 Å². The molecule has 0 aliphatic carbocycles. The second-order valence-electron chi connectivity index (χ2n) is 2.72. The normalized spacial score (nSPS) is 9.67. The Kier molecular flexibility index (Phi) is 4.83. The van der Waals surface area contributed by atoms with Gasteiger partial charge in [-0.05, 0) is 23.9 Å². The van der Waals surface area contributed by atoms with Gasteiger partial charge in [0.05, 0.1) is 13.5 Å². The zero-order chi connectivity index (χ0) is 11.1.